The maximum Gasteiger partial charge on any atom is 0.313 e. The number of para-hydroxylation sites is 2. The molecule has 0 atom stereocenters. The molecule has 0 unspecified atom stereocenters. The van der Waals surface area contributed by atoms with Crippen LogP contribution in [-0.2, 0) is 4.79 Å². The summed E-state index contributed by atoms with van der Waals surface area (Å²) < 4.78 is 0. The first kappa shape index (κ1) is 15.9. The van der Waals surface area contributed by atoms with Gasteiger partial charge in [0.05, 0.1) is 11.4 Å². The zero-order chi connectivity index (χ0) is 15.6. The normalized spacial score (nSPS) is 11.5. The van der Waals surface area contributed by atoms with Crippen molar-refractivity contribution in [3.63, 3.8) is 0 Å². The van der Waals surface area contributed by atoms with Crippen LogP contribution < -0.4 is 5.32 Å². The van der Waals surface area contributed by atoms with Crippen LogP contribution in [0.3, 0.4) is 0 Å². The van der Waals surface area contributed by atoms with Gasteiger partial charge in [-0.3, -0.25) is 9.79 Å². The van der Waals surface area contributed by atoms with Crippen LogP contribution in [0, 0.1) is 0 Å². The number of nitrogens with one attached hydrogen (secondary N) is 1. The second-order valence-corrected chi connectivity index (χ2v) is 5.38. The van der Waals surface area contributed by atoms with Crippen LogP contribution in [0.4, 0.5) is 11.4 Å². The lowest BCUT2D eigenvalue weighted by molar-refractivity contribution is -0.133. The fraction of sp³-hybridized carbons (Fsp3) is 0.0588. The van der Waals surface area contributed by atoms with E-state index in [1.165, 1.54) is 11.8 Å². The van der Waals surface area contributed by atoms with E-state index in [0.717, 1.165) is 16.3 Å². The summed E-state index contributed by atoms with van der Waals surface area (Å²) in [6.07, 6.45) is 3.42. The van der Waals surface area contributed by atoms with E-state index in [1.54, 1.807) is 12.4 Å². The maximum absolute atomic E-state index is 10.7. The number of allylic oxidation sites excluding steroid dienone is 1. The van der Waals surface area contributed by atoms with Gasteiger partial charge in [0, 0.05) is 23.0 Å². The monoisotopic (exact) mass is 312 g/mol. The molecule has 0 amide bonds. The number of carboxylic acid groups (broad SMARTS) is 1. The number of rotatable bonds is 7. The van der Waals surface area contributed by atoms with Crippen molar-refractivity contribution < 1.29 is 9.90 Å². The van der Waals surface area contributed by atoms with Gasteiger partial charge >= 0.3 is 5.97 Å². The van der Waals surface area contributed by atoms with Gasteiger partial charge in [0.2, 0.25) is 0 Å². The third kappa shape index (κ3) is 5.85. The molecule has 2 aromatic carbocycles. The third-order valence-electron chi connectivity index (χ3n) is 2.61. The van der Waals surface area contributed by atoms with Crippen LogP contribution >= 0.6 is 11.8 Å². The summed E-state index contributed by atoms with van der Waals surface area (Å²) in [5, 5.41) is 12.0. The number of aliphatic imine (C=N–C) groups is 1. The number of hydrogen-bond acceptors (Lipinski definition) is 4. The van der Waals surface area contributed by atoms with Gasteiger partial charge in [-0.05, 0) is 24.3 Å². The Kier molecular flexibility index (Phi) is 6.26. The van der Waals surface area contributed by atoms with Crippen molar-refractivity contribution in [2.24, 2.45) is 4.99 Å². The van der Waals surface area contributed by atoms with Crippen molar-refractivity contribution in [2.75, 3.05) is 11.1 Å². The first-order chi connectivity index (χ1) is 10.7. The highest BCUT2D eigenvalue weighted by Gasteiger charge is 2.01. The van der Waals surface area contributed by atoms with Crippen LogP contribution in [0.1, 0.15) is 0 Å². The van der Waals surface area contributed by atoms with Gasteiger partial charge in [-0.1, -0.05) is 36.4 Å². The van der Waals surface area contributed by atoms with Crippen molar-refractivity contribution in [3.05, 3.63) is 71.8 Å². The molecule has 0 heterocycles. The van der Waals surface area contributed by atoms with E-state index in [1.807, 2.05) is 60.7 Å². The van der Waals surface area contributed by atoms with Crippen LogP contribution in [0.5, 0.6) is 0 Å². The first-order valence-electron chi connectivity index (χ1n) is 6.69. The molecule has 0 bridgehead atoms. The fourth-order valence-electron chi connectivity index (χ4n) is 1.60. The number of thioether (sulfide) groups is 1. The molecule has 0 aliphatic carbocycles. The summed E-state index contributed by atoms with van der Waals surface area (Å²) in [5.74, 6) is -0.868. The molecule has 2 N–H and O–H groups in total. The molecule has 5 heteroatoms. The Morgan fingerprint density at radius 3 is 2.36 bits per heavy atom. The highest BCUT2D eigenvalue weighted by molar-refractivity contribution is 8.04. The molecule has 0 fully saturated rings. The summed E-state index contributed by atoms with van der Waals surface area (Å²) in [7, 11) is 0. The van der Waals surface area contributed by atoms with Gasteiger partial charge in [0.1, 0.15) is 0 Å². The Balaban J connectivity index is 2.08. The van der Waals surface area contributed by atoms with Crippen LogP contribution in [0.15, 0.2) is 76.8 Å². The number of benzene rings is 2. The Labute approximate surface area is 133 Å². The molecule has 112 valence electrons. The predicted molar refractivity (Wildman–Crippen MR) is 92.8 cm³/mol. The number of nitrogens with zero attached hydrogens (tertiary/aromatic N) is 1. The lowest BCUT2D eigenvalue weighted by Gasteiger charge is -2.03. The van der Waals surface area contributed by atoms with E-state index in [4.69, 9.17) is 5.11 Å². The van der Waals surface area contributed by atoms with Gasteiger partial charge in [0.15, 0.2) is 0 Å². The molecule has 2 rings (SSSR count). The topological polar surface area (TPSA) is 61.7 Å². The Morgan fingerprint density at radius 1 is 1.09 bits per heavy atom. The van der Waals surface area contributed by atoms with E-state index in [9.17, 15) is 4.79 Å². The summed E-state index contributed by atoms with van der Waals surface area (Å²) in [5.41, 5.74) is 1.76. The summed E-state index contributed by atoms with van der Waals surface area (Å²) in [6.45, 7) is 0. The molecule has 0 spiro atoms. The molecular weight excluding hydrogens is 296 g/mol. The van der Waals surface area contributed by atoms with Crippen molar-refractivity contribution in [1.29, 1.82) is 0 Å². The molecule has 0 aliphatic heterocycles. The van der Waals surface area contributed by atoms with E-state index < -0.39 is 5.97 Å². The summed E-state index contributed by atoms with van der Waals surface area (Å²) in [4.78, 5) is 15.8. The predicted octanol–water partition coefficient (Wildman–Crippen LogP) is 4.16. The van der Waals surface area contributed by atoms with Crippen molar-refractivity contribution in [1.82, 2.24) is 0 Å². The lowest BCUT2D eigenvalue weighted by atomic mass is 10.3. The highest BCUT2D eigenvalue weighted by atomic mass is 32.2. The fourth-order valence-corrected chi connectivity index (χ4v) is 2.16. The van der Waals surface area contributed by atoms with Crippen LogP contribution in [-0.4, -0.2) is 23.0 Å². The Morgan fingerprint density at radius 2 is 1.73 bits per heavy atom. The van der Waals surface area contributed by atoms with Crippen molar-refractivity contribution in [3.8, 4) is 0 Å². The molecule has 22 heavy (non-hydrogen) atoms. The maximum atomic E-state index is 10.7. The largest absolute Gasteiger partial charge is 0.481 e. The Hall–Kier alpha value is -2.53. The first-order valence-corrected chi connectivity index (χ1v) is 7.68. The quantitative estimate of drug-likeness (QED) is 0.754. The SMILES string of the molecule is O=C(O)CS/C(C=Nc1ccccc1)=C\Nc1ccccc1. The second kappa shape index (κ2) is 8.69. The lowest BCUT2D eigenvalue weighted by Crippen LogP contribution is -1.99. The molecule has 0 saturated carbocycles. The number of anilines is 1. The van der Waals surface area contributed by atoms with E-state index in [2.05, 4.69) is 10.3 Å². The molecule has 0 aliphatic rings. The zero-order valence-corrected chi connectivity index (χ0v) is 12.7. The Bertz CT molecular complexity index is 655. The minimum Gasteiger partial charge on any atom is -0.481 e. The smallest absolute Gasteiger partial charge is 0.313 e. The average molecular weight is 312 g/mol. The van der Waals surface area contributed by atoms with Gasteiger partial charge < -0.3 is 10.4 Å². The van der Waals surface area contributed by atoms with E-state index in [0.29, 0.717) is 0 Å². The van der Waals surface area contributed by atoms with Crippen molar-refractivity contribution in [2.45, 2.75) is 0 Å². The van der Waals surface area contributed by atoms with Crippen LogP contribution in [0.25, 0.3) is 0 Å². The third-order valence-corrected chi connectivity index (χ3v) is 3.56. The summed E-state index contributed by atoms with van der Waals surface area (Å²) >= 11 is 1.22. The van der Waals surface area contributed by atoms with Gasteiger partial charge in [-0.2, -0.15) is 0 Å². The molecule has 0 radical (unpaired) electrons. The minimum atomic E-state index is -0.858. The van der Waals surface area contributed by atoms with Crippen LogP contribution in [0.2, 0.25) is 0 Å². The molecule has 4 nitrogen and oxygen atoms in total. The second-order valence-electron chi connectivity index (χ2n) is 4.33. The van der Waals surface area contributed by atoms with Gasteiger partial charge in [-0.25, -0.2) is 0 Å². The number of aliphatic carboxylic acids is 1. The standard InChI is InChI=1S/C17H16N2O2S/c20-17(21)13-22-16(11-18-14-7-3-1-4-8-14)12-19-15-9-5-2-6-10-15/h1-12,18H,13H2,(H,20,21)/b16-11-,19-12?. The summed E-state index contributed by atoms with van der Waals surface area (Å²) in [6, 6.07) is 19.2. The molecule has 0 saturated heterocycles. The number of carbonyl (C=O) groups is 1. The minimum absolute atomic E-state index is 0.0108. The number of carboxylic acids is 1. The highest BCUT2D eigenvalue weighted by Crippen LogP contribution is 2.17. The van der Waals surface area contributed by atoms with E-state index in [-0.39, 0.29) is 5.75 Å². The van der Waals surface area contributed by atoms with Crippen molar-refractivity contribution >= 4 is 35.3 Å². The average Bonchev–Trinajstić information content (AvgIpc) is 2.56. The zero-order valence-electron chi connectivity index (χ0n) is 11.8. The molecule has 2 aromatic rings. The molecule has 0 aromatic heterocycles. The van der Waals surface area contributed by atoms with Gasteiger partial charge in [-0.15, -0.1) is 11.8 Å². The number of hydrogen-bond donors (Lipinski definition) is 2. The van der Waals surface area contributed by atoms with E-state index >= 15 is 0 Å². The van der Waals surface area contributed by atoms with Gasteiger partial charge in [0.25, 0.3) is 0 Å². The molecular formula is C17H16N2O2S.